The van der Waals surface area contributed by atoms with Crippen LogP contribution < -0.4 is 9.47 Å². The van der Waals surface area contributed by atoms with Crippen LogP contribution in [-0.2, 0) is 19.6 Å². The van der Waals surface area contributed by atoms with Crippen LogP contribution in [0.3, 0.4) is 0 Å². The number of benzene rings is 1. The third kappa shape index (κ3) is 3.23. The lowest BCUT2D eigenvalue weighted by Crippen LogP contribution is -1.99. The Morgan fingerprint density at radius 2 is 2.05 bits per heavy atom. The predicted molar refractivity (Wildman–Crippen MR) is 66.9 cm³/mol. The van der Waals surface area contributed by atoms with Crippen LogP contribution in [0.15, 0.2) is 22.6 Å². The summed E-state index contributed by atoms with van der Waals surface area (Å²) < 4.78 is 16.0. The van der Waals surface area contributed by atoms with Crippen molar-refractivity contribution in [2.24, 2.45) is 0 Å². The van der Waals surface area contributed by atoms with E-state index in [1.807, 2.05) is 6.92 Å². The zero-order chi connectivity index (χ0) is 13.7. The second kappa shape index (κ2) is 6.19. The number of hydrogen-bond acceptors (Lipinski definition) is 6. The number of aryl methyl sites for hydroxylation is 1. The normalized spacial score (nSPS) is 10.5. The lowest BCUT2D eigenvalue weighted by atomic mass is 10.2. The van der Waals surface area contributed by atoms with Crippen molar-refractivity contribution >= 4 is 0 Å². The van der Waals surface area contributed by atoms with Gasteiger partial charge in [0, 0.05) is 12.0 Å². The van der Waals surface area contributed by atoms with Crippen molar-refractivity contribution < 1.29 is 19.0 Å². The summed E-state index contributed by atoms with van der Waals surface area (Å²) in [4.78, 5) is 0. The van der Waals surface area contributed by atoms with Crippen LogP contribution >= 0.6 is 0 Å². The molecular weight excluding hydrogens is 248 g/mol. The molecule has 2 rings (SSSR count). The zero-order valence-electron chi connectivity index (χ0n) is 10.9. The van der Waals surface area contributed by atoms with Gasteiger partial charge in [-0.05, 0) is 18.2 Å². The van der Waals surface area contributed by atoms with Gasteiger partial charge in [-0.15, -0.1) is 10.2 Å². The third-order valence-corrected chi connectivity index (χ3v) is 2.60. The van der Waals surface area contributed by atoms with Crippen molar-refractivity contribution in [1.82, 2.24) is 10.2 Å². The molecule has 0 spiro atoms. The van der Waals surface area contributed by atoms with E-state index in [9.17, 15) is 5.11 Å². The Kier molecular flexibility index (Phi) is 4.35. The van der Waals surface area contributed by atoms with Gasteiger partial charge in [0.1, 0.15) is 11.5 Å². The molecule has 0 amide bonds. The number of rotatable bonds is 6. The molecule has 0 fully saturated rings. The van der Waals surface area contributed by atoms with Crippen molar-refractivity contribution in [1.29, 1.82) is 0 Å². The molecule has 1 N–H and O–H groups in total. The van der Waals surface area contributed by atoms with Gasteiger partial charge in [0.05, 0.1) is 13.7 Å². The molecule has 0 aliphatic rings. The summed E-state index contributed by atoms with van der Waals surface area (Å²) in [5.41, 5.74) is 0.648. The van der Waals surface area contributed by atoms with Crippen molar-refractivity contribution in [3.8, 4) is 11.5 Å². The molecule has 2 aromatic rings. The molecule has 0 saturated heterocycles. The molecule has 0 aliphatic heterocycles. The highest BCUT2D eigenvalue weighted by Gasteiger charge is 2.08. The summed E-state index contributed by atoms with van der Waals surface area (Å²) in [6, 6.07) is 5.22. The number of ether oxygens (including phenoxy) is 2. The van der Waals surface area contributed by atoms with Crippen molar-refractivity contribution in [3.05, 3.63) is 35.5 Å². The topological polar surface area (TPSA) is 77.6 Å². The smallest absolute Gasteiger partial charge is 0.253 e. The van der Waals surface area contributed by atoms with E-state index in [0.717, 1.165) is 0 Å². The molecule has 6 heteroatoms. The first-order valence-corrected chi connectivity index (χ1v) is 5.98. The highest BCUT2D eigenvalue weighted by molar-refractivity contribution is 5.39. The first kappa shape index (κ1) is 13.4. The standard InChI is InChI=1S/C13H16N2O4/c1-3-12-14-15-13(19-12)8-18-11-5-4-10(17-2)6-9(11)7-16/h4-6,16H,3,7-8H2,1-2H3. The summed E-state index contributed by atoms with van der Waals surface area (Å²) in [5, 5.41) is 17.0. The quantitative estimate of drug-likeness (QED) is 0.855. The molecule has 102 valence electrons. The number of aromatic nitrogens is 2. The van der Waals surface area contributed by atoms with Crippen LogP contribution in [0.2, 0.25) is 0 Å². The van der Waals surface area contributed by atoms with Gasteiger partial charge < -0.3 is 19.0 Å². The fourth-order valence-electron chi connectivity index (χ4n) is 1.58. The Labute approximate surface area is 111 Å². The molecule has 0 radical (unpaired) electrons. The van der Waals surface area contributed by atoms with Gasteiger partial charge in [0.2, 0.25) is 5.89 Å². The van der Waals surface area contributed by atoms with Crippen LogP contribution in [0.5, 0.6) is 11.5 Å². The number of nitrogens with zero attached hydrogens (tertiary/aromatic N) is 2. The van der Waals surface area contributed by atoms with Gasteiger partial charge in [-0.2, -0.15) is 0 Å². The van der Waals surface area contributed by atoms with E-state index in [4.69, 9.17) is 13.9 Å². The van der Waals surface area contributed by atoms with Crippen LogP contribution in [0.4, 0.5) is 0 Å². The van der Waals surface area contributed by atoms with Gasteiger partial charge in [-0.3, -0.25) is 0 Å². The minimum Gasteiger partial charge on any atom is -0.497 e. The SMILES string of the molecule is CCc1nnc(COc2ccc(OC)cc2CO)o1. The highest BCUT2D eigenvalue weighted by Crippen LogP contribution is 2.24. The molecular formula is C13H16N2O4. The first-order valence-electron chi connectivity index (χ1n) is 5.98. The maximum absolute atomic E-state index is 9.29. The molecule has 19 heavy (non-hydrogen) atoms. The molecule has 0 bridgehead atoms. The lowest BCUT2D eigenvalue weighted by Gasteiger charge is -2.09. The molecule has 0 aliphatic carbocycles. The Morgan fingerprint density at radius 1 is 1.26 bits per heavy atom. The van der Waals surface area contributed by atoms with E-state index < -0.39 is 0 Å². The van der Waals surface area contributed by atoms with Gasteiger partial charge in [0.15, 0.2) is 6.61 Å². The molecule has 0 unspecified atom stereocenters. The summed E-state index contributed by atoms with van der Waals surface area (Å²) in [6.07, 6.45) is 0.692. The molecule has 1 heterocycles. The average molecular weight is 264 g/mol. The van der Waals surface area contributed by atoms with E-state index in [1.165, 1.54) is 0 Å². The minimum absolute atomic E-state index is 0.128. The van der Waals surface area contributed by atoms with E-state index in [-0.39, 0.29) is 13.2 Å². The van der Waals surface area contributed by atoms with Gasteiger partial charge in [-0.1, -0.05) is 6.92 Å². The highest BCUT2D eigenvalue weighted by atomic mass is 16.5. The minimum atomic E-state index is -0.128. The third-order valence-electron chi connectivity index (χ3n) is 2.60. The summed E-state index contributed by atoms with van der Waals surface area (Å²) in [6.45, 7) is 1.98. The van der Waals surface area contributed by atoms with Crippen molar-refractivity contribution in [2.45, 2.75) is 26.6 Å². The van der Waals surface area contributed by atoms with E-state index in [0.29, 0.717) is 35.3 Å². The Hall–Kier alpha value is -2.08. The second-order valence-electron chi connectivity index (χ2n) is 3.86. The Bertz CT molecular complexity index is 539. The lowest BCUT2D eigenvalue weighted by molar-refractivity contribution is 0.238. The van der Waals surface area contributed by atoms with Crippen LogP contribution in [0, 0.1) is 0 Å². The zero-order valence-corrected chi connectivity index (χ0v) is 10.9. The van der Waals surface area contributed by atoms with E-state index >= 15 is 0 Å². The van der Waals surface area contributed by atoms with Crippen molar-refractivity contribution in [2.75, 3.05) is 7.11 Å². The number of aliphatic hydroxyl groups is 1. The van der Waals surface area contributed by atoms with Crippen LogP contribution in [-0.4, -0.2) is 22.4 Å². The van der Waals surface area contributed by atoms with E-state index in [1.54, 1.807) is 25.3 Å². The summed E-state index contributed by atoms with van der Waals surface area (Å²) in [5.74, 6) is 2.23. The summed E-state index contributed by atoms with van der Waals surface area (Å²) in [7, 11) is 1.57. The van der Waals surface area contributed by atoms with E-state index in [2.05, 4.69) is 10.2 Å². The second-order valence-corrected chi connectivity index (χ2v) is 3.86. The van der Waals surface area contributed by atoms with Crippen LogP contribution in [0.1, 0.15) is 24.3 Å². The number of hydrogen-bond donors (Lipinski definition) is 1. The van der Waals surface area contributed by atoms with Crippen molar-refractivity contribution in [3.63, 3.8) is 0 Å². The largest absolute Gasteiger partial charge is 0.497 e. The molecule has 0 saturated carbocycles. The molecule has 6 nitrogen and oxygen atoms in total. The maximum atomic E-state index is 9.29. The average Bonchev–Trinajstić information content (AvgIpc) is 2.92. The number of aliphatic hydroxyl groups excluding tert-OH is 1. The molecule has 1 aromatic heterocycles. The Balaban J connectivity index is 2.06. The predicted octanol–water partition coefficient (Wildman–Crippen LogP) is 1.71. The molecule has 0 atom stereocenters. The fourth-order valence-corrected chi connectivity index (χ4v) is 1.58. The Morgan fingerprint density at radius 3 is 2.68 bits per heavy atom. The van der Waals surface area contributed by atoms with Gasteiger partial charge in [0.25, 0.3) is 5.89 Å². The monoisotopic (exact) mass is 264 g/mol. The van der Waals surface area contributed by atoms with Gasteiger partial charge in [-0.25, -0.2) is 0 Å². The maximum Gasteiger partial charge on any atom is 0.253 e. The fraction of sp³-hybridized carbons (Fsp3) is 0.385. The van der Waals surface area contributed by atoms with Crippen LogP contribution in [0.25, 0.3) is 0 Å². The number of methoxy groups -OCH3 is 1. The summed E-state index contributed by atoms with van der Waals surface area (Å²) >= 11 is 0. The van der Waals surface area contributed by atoms with Gasteiger partial charge >= 0.3 is 0 Å². The molecule has 1 aromatic carbocycles. The first-order chi connectivity index (χ1) is 9.26.